The van der Waals surface area contributed by atoms with Crippen LogP contribution in [-0.2, 0) is 13.1 Å². The van der Waals surface area contributed by atoms with Gasteiger partial charge in [0, 0.05) is 17.5 Å². The largest absolute Gasteiger partial charge is 0.444 e. The number of hydrogen-bond donors (Lipinski definition) is 2. The number of rotatable bonds is 5. The van der Waals surface area contributed by atoms with Crippen molar-refractivity contribution in [1.82, 2.24) is 15.6 Å². The van der Waals surface area contributed by atoms with Crippen molar-refractivity contribution < 1.29 is 4.42 Å². The fourth-order valence-electron chi connectivity index (χ4n) is 2.20. The van der Waals surface area contributed by atoms with Gasteiger partial charge in [-0.25, -0.2) is 4.98 Å². The number of aliphatic imine (C=N–C) groups is 1. The zero-order valence-electron chi connectivity index (χ0n) is 13.7. The Hall–Kier alpha value is -2.60. The molecule has 0 aliphatic heterocycles. The Kier molecular flexibility index (Phi) is 5.28. The Labute approximate surface area is 145 Å². The van der Waals surface area contributed by atoms with E-state index in [2.05, 4.69) is 39.0 Å². The van der Waals surface area contributed by atoms with E-state index in [-0.39, 0.29) is 0 Å². The minimum Gasteiger partial charge on any atom is -0.444 e. The maximum Gasteiger partial charge on any atom is 0.226 e. The number of oxazole rings is 1. The predicted molar refractivity (Wildman–Crippen MR) is 98.0 cm³/mol. The summed E-state index contributed by atoms with van der Waals surface area (Å²) in [5.74, 6) is 1.37. The minimum atomic E-state index is 0.555. The molecule has 24 heavy (non-hydrogen) atoms. The first-order chi connectivity index (χ1) is 11.7. The van der Waals surface area contributed by atoms with E-state index in [1.807, 2.05) is 30.3 Å². The molecule has 3 rings (SSSR count). The second-order valence-corrected chi connectivity index (χ2v) is 6.40. The summed E-state index contributed by atoms with van der Waals surface area (Å²) >= 11 is 1.72. The van der Waals surface area contributed by atoms with E-state index < -0.39 is 0 Å². The lowest BCUT2D eigenvalue weighted by Crippen LogP contribution is -2.36. The zero-order valence-corrected chi connectivity index (χ0v) is 14.6. The molecule has 0 aliphatic rings. The lowest BCUT2D eigenvalue weighted by Gasteiger charge is -2.09. The number of hydrogen-bond acceptors (Lipinski definition) is 4. The van der Waals surface area contributed by atoms with E-state index in [9.17, 15) is 0 Å². The number of aryl methyl sites for hydroxylation is 1. The molecule has 0 amide bonds. The highest BCUT2D eigenvalue weighted by Crippen LogP contribution is 2.19. The van der Waals surface area contributed by atoms with E-state index in [0.29, 0.717) is 12.4 Å². The van der Waals surface area contributed by atoms with Crippen LogP contribution in [-0.4, -0.2) is 18.0 Å². The van der Waals surface area contributed by atoms with Gasteiger partial charge in [-0.2, -0.15) is 0 Å². The van der Waals surface area contributed by atoms with Gasteiger partial charge in [0.1, 0.15) is 6.26 Å². The molecule has 1 aromatic carbocycles. The molecule has 2 heterocycles. The van der Waals surface area contributed by atoms with Crippen LogP contribution in [0.2, 0.25) is 0 Å². The van der Waals surface area contributed by atoms with Gasteiger partial charge in [0.05, 0.1) is 18.8 Å². The van der Waals surface area contributed by atoms with Gasteiger partial charge in [0.15, 0.2) is 5.96 Å². The van der Waals surface area contributed by atoms with Gasteiger partial charge in [0.2, 0.25) is 5.89 Å². The first kappa shape index (κ1) is 16.3. The van der Waals surface area contributed by atoms with Gasteiger partial charge < -0.3 is 15.1 Å². The first-order valence-electron chi connectivity index (χ1n) is 7.73. The molecule has 0 radical (unpaired) electrons. The minimum absolute atomic E-state index is 0.555. The normalized spacial score (nSPS) is 11.5. The van der Waals surface area contributed by atoms with Crippen molar-refractivity contribution in [3.8, 4) is 11.5 Å². The van der Waals surface area contributed by atoms with E-state index >= 15 is 0 Å². The van der Waals surface area contributed by atoms with Crippen molar-refractivity contribution in [2.45, 2.75) is 20.0 Å². The Morgan fingerprint density at radius 2 is 1.96 bits per heavy atom. The summed E-state index contributed by atoms with van der Waals surface area (Å²) < 4.78 is 5.57. The summed E-state index contributed by atoms with van der Waals surface area (Å²) in [4.78, 5) is 10.00. The average Bonchev–Trinajstić information content (AvgIpc) is 3.27. The summed E-state index contributed by atoms with van der Waals surface area (Å²) in [5, 5.41) is 8.59. The Morgan fingerprint density at radius 3 is 2.67 bits per heavy atom. The SMILES string of the molecule is CN=C(NCc1coc(-c2ccc(C)cc2)n1)NCc1cccs1. The number of benzene rings is 1. The van der Waals surface area contributed by atoms with Crippen molar-refractivity contribution in [1.29, 1.82) is 0 Å². The highest BCUT2D eigenvalue weighted by atomic mass is 32.1. The molecule has 3 aromatic rings. The second kappa shape index (κ2) is 7.79. The predicted octanol–water partition coefficient (Wildman–Crippen LogP) is 3.58. The Balaban J connectivity index is 1.55. The van der Waals surface area contributed by atoms with Gasteiger partial charge in [-0.05, 0) is 30.5 Å². The molecular weight excluding hydrogens is 320 g/mol. The quantitative estimate of drug-likeness (QED) is 0.550. The maximum atomic E-state index is 5.57. The van der Waals surface area contributed by atoms with E-state index in [1.165, 1.54) is 10.4 Å². The van der Waals surface area contributed by atoms with Crippen LogP contribution in [0.15, 0.2) is 57.5 Å². The lowest BCUT2D eigenvalue weighted by molar-refractivity contribution is 0.572. The molecular formula is C18H20N4OS. The number of guanidine groups is 1. The number of thiophene rings is 1. The zero-order chi connectivity index (χ0) is 16.8. The summed E-state index contributed by atoms with van der Waals surface area (Å²) in [5.41, 5.74) is 3.03. The van der Waals surface area contributed by atoms with Gasteiger partial charge in [-0.3, -0.25) is 4.99 Å². The van der Waals surface area contributed by atoms with Crippen molar-refractivity contribution in [2.75, 3.05) is 7.05 Å². The molecule has 0 saturated carbocycles. The third-order valence-corrected chi connectivity index (χ3v) is 4.40. The molecule has 6 heteroatoms. The van der Waals surface area contributed by atoms with Crippen LogP contribution < -0.4 is 10.6 Å². The van der Waals surface area contributed by atoms with Crippen LogP contribution in [0, 0.1) is 6.92 Å². The molecule has 0 atom stereocenters. The van der Waals surface area contributed by atoms with E-state index in [0.717, 1.165) is 23.8 Å². The van der Waals surface area contributed by atoms with E-state index in [1.54, 1.807) is 24.6 Å². The van der Waals surface area contributed by atoms with Crippen molar-refractivity contribution in [3.63, 3.8) is 0 Å². The first-order valence-corrected chi connectivity index (χ1v) is 8.61. The molecule has 2 aromatic heterocycles. The highest BCUT2D eigenvalue weighted by Gasteiger charge is 2.07. The monoisotopic (exact) mass is 340 g/mol. The molecule has 0 bridgehead atoms. The van der Waals surface area contributed by atoms with Gasteiger partial charge in [0.25, 0.3) is 0 Å². The molecule has 0 unspecified atom stereocenters. The molecule has 0 aliphatic carbocycles. The summed E-state index contributed by atoms with van der Waals surface area (Å²) in [6.45, 7) is 3.37. The number of nitrogens with zero attached hydrogens (tertiary/aromatic N) is 2. The molecule has 0 fully saturated rings. The Bertz CT molecular complexity index is 791. The van der Waals surface area contributed by atoms with Crippen LogP contribution in [0.4, 0.5) is 0 Å². The average molecular weight is 340 g/mol. The highest BCUT2D eigenvalue weighted by molar-refractivity contribution is 7.09. The fourth-order valence-corrected chi connectivity index (χ4v) is 2.84. The molecule has 124 valence electrons. The molecule has 0 saturated heterocycles. The van der Waals surface area contributed by atoms with Crippen molar-refractivity contribution in [2.24, 2.45) is 4.99 Å². The van der Waals surface area contributed by atoms with Crippen LogP contribution in [0.1, 0.15) is 16.1 Å². The van der Waals surface area contributed by atoms with Gasteiger partial charge in [-0.1, -0.05) is 23.8 Å². The third-order valence-electron chi connectivity index (χ3n) is 3.52. The van der Waals surface area contributed by atoms with Crippen molar-refractivity contribution >= 4 is 17.3 Å². The van der Waals surface area contributed by atoms with Crippen LogP contribution in [0.5, 0.6) is 0 Å². The van der Waals surface area contributed by atoms with Gasteiger partial charge >= 0.3 is 0 Å². The molecule has 5 nitrogen and oxygen atoms in total. The van der Waals surface area contributed by atoms with Crippen LogP contribution in [0.3, 0.4) is 0 Å². The second-order valence-electron chi connectivity index (χ2n) is 5.37. The van der Waals surface area contributed by atoms with Gasteiger partial charge in [-0.15, -0.1) is 11.3 Å². The number of nitrogens with one attached hydrogen (secondary N) is 2. The van der Waals surface area contributed by atoms with Crippen LogP contribution in [0.25, 0.3) is 11.5 Å². The third kappa shape index (κ3) is 4.23. The maximum absolute atomic E-state index is 5.57. The molecule has 0 spiro atoms. The Morgan fingerprint density at radius 1 is 1.17 bits per heavy atom. The fraction of sp³-hybridized carbons (Fsp3) is 0.222. The van der Waals surface area contributed by atoms with Crippen molar-refractivity contribution in [3.05, 3.63) is 64.2 Å². The summed E-state index contributed by atoms with van der Waals surface area (Å²) in [7, 11) is 1.75. The van der Waals surface area contributed by atoms with Crippen LogP contribution >= 0.6 is 11.3 Å². The smallest absolute Gasteiger partial charge is 0.226 e. The standard InChI is InChI=1S/C18H20N4OS/c1-13-5-7-14(8-6-13)17-22-15(12-23-17)10-20-18(19-2)21-11-16-4-3-9-24-16/h3-9,12H,10-11H2,1-2H3,(H2,19,20,21). The summed E-state index contributed by atoms with van der Waals surface area (Å²) in [6, 6.07) is 12.3. The molecule has 2 N–H and O–H groups in total. The summed E-state index contributed by atoms with van der Waals surface area (Å²) in [6.07, 6.45) is 1.68. The number of aromatic nitrogens is 1. The van der Waals surface area contributed by atoms with E-state index in [4.69, 9.17) is 4.42 Å². The lowest BCUT2D eigenvalue weighted by atomic mass is 10.1. The topological polar surface area (TPSA) is 62.5 Å².